The summed E-state index contributed by atoms with van der Waals surface area (Å²) >= 11 is 0. The lowest BCUT2D eigenvalue weighted by Crippen LogP contribution is -2.50. The van der Waals surface area contributed by atoms with E-state index in [0.717, 1.165) is 30.5 Å². The lowest BCUT2D eigenvalue weighted by Gasteiger charge is -2.45. The Morgan fingerprint density at radius 2 is 1.72 bits per heavy atom. The summed E-state index contributed by atoms with van der Waals surface area (Å²) in [6.07, 6.45) is 8.56. The van der Waals surface area contributed by atoms with Gasteiger partial charge >= 0.3 is 0 Å². The Bertz CT molecular complexity index is 231. The van der Waals surface area contributed by atoms with Crippen LogP contribution in [0.15, 0.2) is 0 Å². The van der Waals surface area contributed by atoms with Crippen molar-refractivity contribution in [3.05, 3.63) is 0 Å². The summed E-state index contributed by atoms with van der Waals surface area (Å²) in [4.78, 5) is 2.82. The molecule has 2 atom stereocenters. The third-order valence-corrected chi connectivity index (χ3v) is 5.13. The van der Waals surface area contributed by atoms with Crippen molar-refractivity contribution >= 4 is 0 Å². The molecule has 1 heterocycles. The highest BCUT2D eigenvalue weighted by molar-refractivity contribution is 4.88. The lowest BCUT2D eigenvalue weighted by atomic mass is 9.76. The molecule has 106 valence electrons. The van der Waals surface area contributed by atoms with Gasteiger partial charge in [-0.2, -0.15) is 0 Å². The molecule has 0 aromatic heterocycles. The fourth-order valence-corrected chi connectivity index (χ4v) is 4.09. The van der Waals surface area contributed by atoms with Crippen LogP contribution < -0.4 is 5.32 Å². The van der Waals surface area contributed by atoms with Gasteiger partial charge < -0.3 is 5.32 Å². The third-order valence-electron chi connectivity index (χ3n) is 5.13. The summed E-state index contributed by atoms with van der Waals surface area (Å²) < 4.78 is 0. The van der Waals surface area contributed by atoms with Gasteiger partial charge in [0.15, 0.2) is 0 Å². The van der Waals surface area contributed by atoms with Gasteiger partial charge in [-0.25, -0.2) is 0 Å². The topological polar surface area (TPSA) is 15.3 Å². The molecule has 1 saturated heterocycles. The van der Waals surface area contributed by atoms with E-state index < -0.39 is 0 Å². The molecule has 2 fully saturated rings. The van der Waals surface area contributed by atoms with Crippen LogP contribution in [0.5, 0.6) is 0 Å². The van der Waals surface area contributed by atoms with Crippen LogP contribution in [0.2, 0.25) is 0 Å². The molecule has 1 saturated carbocycles. The zero-order valence-electron chi connectivity index (χ0n) is 12.6. The predicted molar refractivity (Wildman–Crippen MR) is 78.9 cm³/mol. The fourth-order valence-electron chi connectivity index (χ4n) is 4.09. The molecule has 1 aliphatic heterocycles. The quantitative estimate of drug-likeness (QED) is 0.826. The first-order valence-corrected chi connectivity index (χ1v) is 8.19. The molecule has 0 radical (unpaired) electrons. The van der Waals surface area contributed by atoms with Gasteiger partial charge in [-0.05, 0) is 57.2 Å². The lowest BCUT2D eigenvalue weighted by molar-refractivity contribution is 0.0558. The number of hydrogen-bond donors (Lipinski definition) is 1. The maximum Gasteiger partial charge on any atom is 0.0126 e. The minimum Gasteiger partial charge on any atom is -0.314 e. The Kier molecular flexibility index (Phi) is 5.50. The highest BCUT2D eigenvalue weighted by Crippen LogP contribution is 2.34. The van der Waals surface area contributed by atoms with Gasteiger partial charge in [0.25, 0.3) is 0 Å². The van der Waals surface area contributed by atoms with Crippen molar-refractivity contribution in [1.29, 1.82) is 0 Å². The number of hydrogen-bond acceptors (Lipinski definition) is 2. The molecule has 0 aromatic rings. The highest BCUT2D eigenvalue weighted by Gasteiger charge is 2.33. The van der Waals surface area contributed by atoms with E-state index in [1.54, 1.807) is 0 Å². The molecular weight excluding hydrogens is 220 g/mol. The Balaban J connectivity index is 1.87. The van der Waals surface area contributed by atoms with Crippen LogP contribution in [-0.4, -0.2) is 36.6 Å². The summed E-state index contributed by atoms with van der Waals surface area (Å²) in [5, 5.41) is 3.62. The molecule has 2 heteroatoms. The molecule has 2 aliphatic rings. The van der Waals surface area contributed by atoms with Gasteiger partial charge in [-0.1, -0.05) is 33.6 Å². The van der Waals surface area contributed by atoms with Crippen molar-refractivity contribution in [1.82, 2.24) is 10.2 Å². The van der Waals surface area contributed by atoms with Crippen LogP contribution in [0, 0.1) is 11.8 Å². The fraction of sp³-hybridized carbons (Fsp3) is 1.00. The minimum atomic E-state index is 0.785. The largest absolute Gasteiger partial charge is 0.314 e. The summed E-state index contributed by atoms with van der Waals surface area (Å²) in [5.74, 6) is 1.82. The van der Waals surface area contributed by atoms with Gasteiger partial charge in [0.2, 0.25) is 0 Å². The SMILES string of the molecule is CCNC1CCN(C2CCCCC2C(C)C)CC1. The molecular formula is C16H32N2. The first-order valence-electron chi connectivity index (χ1n) is 8.19. The summed E-state index contributed by atoms with van der Waals surface area (Å²) in [6.45, 7) is 10.9. The molecule has 0 amide bonds. The van der Waals surface area contributed by atoms with Gasteiger partial charge in [-0.3, -0.25) is 4.90 Å². The molecule has 0 aromatic carbocycles. The standard InChI is InChI=1S/C16H32N2/c1-4-17-14-9-11-18(12-10-14)16-8-6-5-7-15(16)13(2)3/h13-17H,4-12H2,1-3H3. The molecule has 2 rings (SSSR count). The minimum absolute atomic E-state index is 0.785. The first kappa shape index (κ1) is 14.3. The second-order valence-corrected chi connectivity index (χ2v) is 6.63. The van der Waals surface area contributed by atoms with Crippen LogP contribution in [0.25, 0.3) is 0 Å². The highest BCUT2D eigenvalue weighted by atomic mass is 15.2. The number of piperidine rings is 1. The predicted octanol–water partition coefficient (Wildman–Crippen LogP) is 3.28. The van der Waals surface area contributed by atoms with E-state index in [1.165, 1.54) is 51.6 Å². The second kappa shape index (κ2) is 6.91. The Hall–Kier alpha value is -0.0800. The van der Waals surface area contributed by atoms with Crippen molar-refractivity contribution in [2.75, 3.05) is 19.6 Å². The molecule has 18 heavy (non-hydrogen) atoms. The zero-order chi connectivity index (χ0) is 13.0. The van der Waals surface area contributed by atoms with E-state index in [4.69, 9.17) is 0 Å². The van der Waals surface area contributed by atoms with Gasteiger partial charge in [-0.15, -0.1) is 0 Å². The average Bonchev–Trinajstić information content (AvgIpc) is 2.40. The van der Waals surface area contributed by atoms with E-state index in [2.05, 4.69) is 31.0 Å². The molecule has 1 N–H and O–H groups in total. The van der Waals surface area contributed by atoms with Crippen LogP contribution in [-0.2, 0) is 0 Å². The number of likely N-dealkylation sites (tertiary alicyclic amines) is 1. The summed E-state index contributed by atoms with van der Waals surface area (Å²) in [5.41, 5.74) is 0. The van der Waals surface area contributed by atoms with Crippen molar-refractivity contribution in [3.8, 4) is 0 Å². The number of nitrogens with one attached hydrogen (secondary N) is 1. The van der Waals surface area contributed by atoms with Gasteiger partial charge in [0.05, 0.1) is 0 Å². The maximum atomic E-state index is 3.62. The van der Waals surface area contributed by atoms with E-state index in [1.807, 2.05) is 0 Å². The average molecular weight is 252 g/mol. The van der Waals surface area contributed by atoms with Crippen LogP contribution in [0.1, 0.15) is 59.3 Å². The second-order valence-electron chi connectivity index (χ2n) is 6.63. The van der Waals surface area contributed by atoms with Crippen molar-refractivity contribution in [3.63, 3.8) is 0 Å². The van der Waals surface area contributed by atoms with Crippen molar-refractivity contribution in [2.45, 2.75) is 71.4 Å². The van der Waals surface area contributed by atoms with E-state index >= 15 is 0 Å². The first-order chi connectivity index (χ1) is 8.72. The molecule has 1 aliphatic carbocycles. The number of rotatable bonds is 4. The van der Waals surface area contributed by atoms with Crippen molar-refractivity contribution < 1.29 is 0 Å². The molecule has 0 bridgehead atoms. The van der Waals surface area contributed by atoms with E-state index in [9.17, 15) is 0 Å². The van der Waals surface area contributed by atoms with Crippen LogP contribution in [0.4, 0.5) is 0 Å². The Labute approximate surface area is 114 Å². The molecule has 0 spiro atoms. The monoisotopic (exact) mass is 252 g/mol. The maximum absolute atomic E-state index is 3.62. The molecule has 2 unspecified atom stereocenters. The number of nitrogens with zero attached hydrogens (tertiary/aromatic N) is 1. The van der Waals surface area contributed by atoms with Gasteiger partial charge in [0.1, 0.15) is 0 Å². The van der Waals surface area contributed by atoms with Gasteiger partial charge in [0, 0.05) is 12.1 Å². The van der Waals surface area contributed by atoms with E-state index in [0.29, 0.717) is 0 Å². The third kappa shape index (κ3) is 3.48. The van der Waals surface area contributed by atoms with Crippen molar-refractivity contribution in [2.24, 2.45) is 11.8 Å². The Morgan fingerprint density at radius 3 is 2.33 bits per heavy atom. The van der Waals surface area contributed by atoms with E-state index in [-0.39, 0.29) is 0 Å². The zero-order valence-corrected chi connectivity index (χ0v) is 12.6. The molecule has 2 nitrogen and oxygen atoms in total. The summed E-state index contributed by atoms with van der Waals surface area (Å²) in [6, 6.07) is 1.67. The van der Waals surface area contributed by atoms with Crippen LogP contribution >= 0.6 is 0 Å². The van der Waals surface area contributed by atoms with Crippen LogP contribution in [0.3, 0.4) is 0 Å². The smallest absolute Gasteiger partial charge is 0.0126 e. The normalized spacial score (nSPS) is 32.0. The Morgan fingerprint density at radius 1 is 1.06 bits per heavy atom. The summed E-state index contributed by atoms with van der Waals surface area (Å²) in [7, 11) is 0.